The van der Waals surface area contributed by atoms with Gasteiger partial charge in [-0.3, -0.25) is 0 Å². The summed E-state index contributed by atoms with van der Waals surface area (Å²) in [5.41, 5.74) is 4.63. The Kier molecular flexibility index (Phi) is 5.91. The van der Waals surface area contributed by atoms with Crippen molar-refractivity contribution in [2.75, 3.05) is 30.1 Å². The van der Waals surface area contributed by atoms with Crippen LogP contribution in [0.3, 0.4) is 0 Å². The largest absolute Gasteiger partial charge is 0.448 e. The second kappa shape index (κ2) is 8.59. The standard InChI is InChI=1S/C21H22BrN5OS/c1-4-11-29-21-24-20-18(25-26-21)16-12-14(22)7-10-17(16)23-19(28-20)13-5-8-15(9-6-13)27(2)3/h5-10,12,19,23H,4,11H2,1-3H3/t19-/m1/s1. The number of fused-ring (bicyclic) bond motifs is 3. The first-order valence-electron chi connectivity index (χ1n) is 9.43. The number of benzene rings is 2. The molecule has 29 heavy (non-hydrogen) atoms. The van der Waals surface area contributed by atoms with E-state index in [-0.39, 0.29) is 6.23 Å². The molecule has 0 saturated carbocycles. The first-order chi connectivity index (χ1) is 14.0. The Morgan fingerprint density at radius 1 is 1.14 bits per heavy atom. The summed E-state index contributed by atoms with van der Waals surface area (Å²) in [5, 5.41) is 12.9. The lowest BCUT2D eigenvalue weighted by atomic mass is 10.1. The highest BCUT2D eigenvalue weighted by Crippen LogP contribution is 2.41. The van der Waals surface area contributed by atoms with E-state index in [2.05, 4.69) is 72.5 Å². The molecule has 3 aromatic rings. The van der Waals surface area contributed by atoms with E-state index in [0.29, 0.717) is 16.7 Å². The van der Waals surface area contributed by atoms with Crippen LogP contribution in [0.4, 0.5) is 11.4 Å². The number of aromatic nitrogens is 3. The summed E-state index contributed by atoms with van der Waals surface area (Å²) < 4.78 is 7.28. The maximum Gasteiger partial charge on any atom is 0.247 e. The van der Waals surface area contributed by atoms with Gasteiger partial charge in [-0.25, -0.2) is 0 Å². The van der Waals surface area contributed by atoms with Gasteiger partial charge in [-0.05, 0) is 36.8 Å². The fourth-order valence-corrected chi connectivity index (χ4v) is 4.02. The van der Waals surface area contributed by atoms with Gasteiger partial charge in [0.15, 0.2) is 11.9 Å². The fraction of sp³-hybridized carbons (Fsp3) is 0.286. The van der Waals surface area contributed by atoms with E-state index in [1.54, 1.807) is 11.8 Å². The maximum atomic E-state index is 6.32. The molecule has 2 heterocycles. The van der Waals surface area contributed by atoms with Gasteiger partial charge in [-0.2, -0.15) is 4.98 Å². The average molecular weight is 472 g/mol. The SMILES string of the molecule is CCCSc1nnc2c(n1)O[C@H](c1ccc(N(C)C)cc1)Nc1ccc(Br)cc1-2. The van der Waals surface area contributed by atoms with Crippen molar-refractivity contribution >= 4 is 39.1 Å². The summed E-state index contributed by atoms with van der Waals surface area (Å²) in [4.78, 5) is 6.74. The van der Waals surface area contributed by atoms with Crippen molar-refractivity contribution in [3.63, 3.8) is 0 Å². The Hall–Kier alpha value is -2.32. The molecule has 8 heteroatoms. The van der Waals surface area contributed by atoms with Gasteiger partial charge < -0.3 is 15.0 Å². The molecule has 1 N–H and O–H groups in total. The lowest BCUT2D eigenvalue weighted by molar-refractivity contribution is 0.225. The quantitative estimate of drug-likeness (QED) is 0.501. The van der Waals surface area contributed by atoms with Crippen molar-refractivity contribution < 1.29 is 4.74 Å². The number of halogens is 1. The van der Waals surface area contributed by atoms with E-state index in [1.165, 1.54) is 0 Å². The van der Waals surface area contributed by atoms with E-state index >= 15 is 0 Å². The molecule has 1 aliphatic heterocycles. The number of hydrogen-bond acceptors (Lipinski definition) is 7. The Bertz CT molecular complexity index is 1010. The minimum Gasteiger partial charge on any atom is -0.448 e. The predicted molar refractivity (Wildman–Crippen MR) is 122 cm³/mol. The molecule has 0 radical (unpaired) electrons. The van der Waals surface area contributed by atoms with Gasteiger partial charge in [-0.1, -0.05) is 46.7 Å². The van der Waals surface area contributed by atoms with Gasteiger partial charge >= 0.3 is 0 Å². The zero-order valence-corrected chi connectivity index (χ0v) is 18.9. The lowest BCUT2D eigenvalue weighted by Gasteiger charge is -2.20. The smallest absolute Gasteiger partial charge is 0.247 e. The van der Waals surface area contributed by atoms with Crippen LogP contribution in [0, 0.1) is 0 Å². The maximum absolute atomic E-state index is 6.32. The van der Waals surface area contributed by atoms with Crippen LogP contribution in [-0.4, -0.2) is 35.0 Å². The summed E-state index contributed by atoms with van der Waals surface area (Å²) in [6, 6.07) is 14.3. The predicted octanol–water partition coefficient (Wildman–Crippen LogP) is 5.37. The van der Waals surface area contributed by atoms with Crippen molar-refractivity contribution in [2.24, 2.45) is 0 Å². The van der Waals surface area contributed by atoms with Crippen LogP contribution >= 0.6 is 27.7 Å². The summed E-state index contributed by atoms with van der Waals surface area (Å²) >= 11 is 5.14. The van der Waals surface area contributed by atoms with Crippen LogP contribution in [0.15, 0.2) is 52.1 Å². The van der Waals surface area contributed by atoms with Crippen LogP contribution in [0.2, 0.25) is 0 Å². The van der Waals surface area contributed by atoms with Crippen LogP contribution in [0.1, 0.15) is 25.1 Å². The molecular formula is C21H22BrN5OS. The summed E-state index contributed by atoms with van der Waals surface area (Å²) in [5.74, 6) is 1.43. The van der Waals surface area contributed by atoms with E-state index in [4.69, 9.17) is 4.74 Å². The normalized spacial score (nSPS) is 14.8. The fourth-order valence-electron chi connectivity index (χ4n) is 3.02. The van der Waals surface area contributed by atoms with E-state index in [9.17, 15) is 0 Å². The first kappa shape index (κ1) is 20.0. The molecule has 1 aliphatic rings. The third kappa shape index (κ3) is 4.33. The molecular weight excluding hydrogens is 450 g/mol. The van der Waals surface area contributed by atoms with Gasteiger partial charge in [0.25, 0.3) is 0 Å². The van der Waals surface area contributed by atoms with Crippen LogP contribution < -0.4 is 15.0 Å². The number of nitrogens with zero attached hydrogens (tertiary/aromatic N) is 4. The van der Waals surface area contributed by atoms with Gasteiger partial charge in [0, 0.05) is 46.8 Å². The minimum absolute atomic E-state index is 0.381. The number of nitrogens with one attached hydrogen (secondary N) is 1. The molecule has 0 amide bonds. The summed E-state index contributed by atoms with van der Waals surface area (Å²) in [6.07, 6.45) is 0.664. The second-order valence-corrected chi connectivity index (χ2v) is 8.89. The number of thioether (sulfide) groups is 1. The Morgan fingerprint density at radius 2 is 1.93 bits per heavy atom. The van der Waals surface area contributed by atoms with E-state index in [1.807, 2.05) is 32.3 Å². The zero-order chi connectivity index (χ0) is 20.4. The lowest BCUT2D eigenvalue weighted by Crippen LogP contribution is -2.17. The van der Waals surface area contributed by atoms with Crippen molar-refractivity contribution in [2.45, 2.75) is 24.7 Å². The van der Waals surface area contributed by atoms with Gasteiger partial charge in [0.2, 0.25) is 11.0 Å². The first-order valence-corrected chi connectivity index (χ1v) is 11.2. The Balaban J connectivity index is 1.76. The number of ether oxygens (including phenoxy) is 1. The minimum atomic E-state index is -0.381. The van der Waals surface area contributed by atoms with Crippen molar-refractivity contribution in [3.8, 4) is 17.1 Å². The van der Waals surface area contributed by atoms with Gasteiger partial charge in [0.1, 0.15) is 0 Å². The highest BCUT2D eigenvalue weighted by atomic mass is 79.9. The third-order valence-electron chi connectivity index (χ3n) is 4.54. The highest BCUT2D eigenvalue weighted by molar-refractivity contribution is 9.10. The van der Waals surface area contributed by atoms with Gasteiger partial charge in [0.05, 0.1) is 0 Å². The Morgan fingerprint density at radius 3 is 2.66 bits per heavy atom. The topological polar surface area (TPSA) is 63.2 Å². The molecule has 6 nitrogen and oxygen atoms in total. The number of hydrogen-bond donors (Lipinski definition) is 1. The van der Waals surface area contributed by atoms with Crippen molar-refractivity contribution in [1.82, 2.24) is 15.2 Å². The molecule has 0 fully saturated rings. The molecule has 0 bridgehead atoms. The van der Waals surface area contributed by atoms with Gasteiger partial charge in [-0.15, -0.1) is 10.2 Å². The molecule has 0 aliphatic carbocycles. The summed E-state index contributed by atoms with van der Waals surface area (Å²) in [7, 11) is 4.05. The molecule has 0 unspecified atom stereocenters. The summed E-state index contributed by atoms with van der Waals surface area (Å²) in [6.45, 7) is 2.13. The van der Waals surface area contributed by atoms with Crippen molar-refractivity contribution in [3.05, 3.63) is 52.5 Å². The molecule has 0 spiro atoms. The number of anilines is 2. The molecule has 4 rings (SSSR count). The zero-order valence-electron chi connectivity index (χ0n) is 16.5. The van der Waals surface area contributed by atoms with E-state index in [0.717, 1.165) is 39.1 Å². The van der Waals surface area contributed by atoms with Crippen LogP contribution in [-0.2, 0) is 0 Å². The van der Waals surface area contributed by atoms with Crippen LogP contribution in [0.5, 0.6) is 5.88 Å². The monoisotopic (exact) mass is 471 g/mol. The Labute approximate surface area is 183 Å². The highest BCUT2D eigenvalue weighted by Gasteiger charge is 2.26. The molecule has 1 atom stereocenters. The number of rotatable bonds is 5. The molecule has 150 valence electrons. The average Bonchev–Trinajstić information content (AvgIpc) is 2.88. The molecule has 2 aromatic carbocycles. The second-order valence-electron chi connectivity index (χ2n) is 6.91. The van der Waals surface area contributed by atoms with Crippen LogP contribution in [0.25, 0.3) is 11.3 Å². The third-order valence-corrected chi connectivity index (χ3v) is 6.07. The molecule has 0 saturated heterocycles. The van der Waals surface area contributed by atoms with E-state index < -0.39 is 0 Å². The van der Waals surface area contributed by atoms with Crippen molar-refractivity contribution in [1.29, 1.82) is 0 Å². The molecule has 1 aromatic heterocycles.